The van der Waals surface area contributed by atoms with Gasteiger partial charge in [-0.3, -0.25) is 14.4 Å². The molecule has 2 aromatic rings. The largest absolute Gasteiger partial charge is 0.481 e. The molecular weight excluding hydrogens is 552 g/mol. The quantitative estimate of drug-likeness (QED) is 0.240. The highest BCUT2D eigenvalue weighted by molar-refractivity contribution is 7.09. The fourth-order valence-corrected chi connectivity index (χ4v) is 5.32. The molecule has 5 N–H and O–H groups in total. The van der Waals surface area contributed by atoms with E-state index in [-0.39, 0.29) is 54.7 Å². The number of carbonyl (C=O) groups excluding carboxylic acids is 2. The molecule has 0 saturated heterocycles. The number of carbonyl (C=O) groups is 3. The summed E-state index contributed by atoms with van der Waals surface area (Å²) in [4.78, 5) is 43.5. The van der Waals surface area contributed by atoms with Crippen LogP contribution in [0.3, 0.4) is 0 Å². The lowest BCUT2D eigenvalue weighted by molar-refractivity contribution is -0.141. The molecule has 0 bridgehead atoms. The minimum atomic E-state index is -0.967. The number of aliphatic carboxylic acids is 1. The van der Waals surface area contributed by atoms with Gasteiger partial charge in [0.15, 0.2) is 0 Å². The zero-order valence-electron chi connectivity index (χ0n) is 24.2. The van der Waals surface area contributed by atoms with Gasteiger partial charge in [0.1, 0.15) is 16.8 Å². The van der Waals surface area contributed by atoms with E-state index in [2.05, 4.69) is 10.3 Å². The van der Waals surface area contributed by atoms with Gasteiger partial charge in [0, 0.05) is 30.9 Å². The van der Waals surface area contributed by atoms with Crippen molar-refractivity contribution in [2.24, 2.45) is 23.5 Å². The molecule has 2 amide bonds. The van der Waals surface area contributed by atoms with Crippen molar-refractivity contribution in [1.29, 1.82) is 0 Å². The van der Waals surface area contributed by atoms with Crippen molar-refractivity contribution in [2.45, 2.75) is 84.5 Å². The van der Waals surface area contributed by atoms with Crippen LogP contribution in [0.25, 0.3) is 0 Å². The standard InChI is InChI=1S/C29H44N4O5S.ClH/c1-7-18(4)25(30)28(36)33(6)23(17(2)3)15-24(34)27-32-22(16-39-27)26(35)31-21(13-19(5)29(37)38)14-20-11-9-8-10-12-20;/h8-12,16-19,21,23-25,34H,7,13-15,30H2,1-6H3,(H,31,35)(H,37,38);1H/t18-,19-,21+,23+,24+,25-;/m0./s1. The lowest BCUT2D eigenvalue weighted by atomic mass is 9.93. The third-order valence-corrected chi connectivity index (χ3v) is 8.33. The van der Waals surface area contributed by atoms with Gasteiger partial charge in [0.05, 0.1) is 12.0 Å². The van der Waals surface area contributed by atoms with Crippen LogP contribution in [-0.2, 0) is 16.0 Å². The van der Waals surface area contributed by atoms with Crippen LogP contribution in [-0.4, -0.2) is 63.1 Å². The number of nitrogens with two attached hydrogens (primary N) is 1. The van der Waals surface area contributed by atoms with E-state index >= 15 is 0 Å². The summed E-state index contributed by atoms with van der Waals surface area (Å²) in [7, 11) is 1.72. The molecule has 1 aromatic carbocycles. The van der Waals surface area contributed by atoms with Gasteiger partial charge in [-0.1, -0.05) is 71.4 Å². The average Bonchev–Trinajstić information content (AvgIpc) is 3.41. The molecule has 11 heteroatoms. The summed E-state index contributed by atoms with van der Waals surface area (Å²) in [6.07, 6.45) is 0.838. The Morgan fingerprint density at radius 2 is 1.73 bits per heavy atom. The average molecular weight is 597 g/mol. The number of hydrogen-bond acceptors (Lipinski definition) is 7. The molecule has 0 spiro atoms. The molecule has 0 fully saturated rings. The number of aromatic nitrogens is 1. The summed E-state index contributed by atoms with van der Waals surface area (Å²) >= 11 is 1.18. The van der Waals surface area contributed by atoms with Crippen LogP contribution in [0.1, 0.15) is 81.0 Å². The van der Waals surface area contributed by atoms with Crippen molar-refractivity contribution in [3.8, 4) is 0 Å². The molecule has 0 aliphatic carbocycles. The van der Waals surface area contributed by atoms with Gasteiger partial charge in [0.2, 0.25) is 5.91 Å². The van der Waals surface area contributed by atoms with Crippen molar-refractivity contribution in [2.75, 3.05) is 7.05 Å². The van der Waals surface area contributed by atoms with Crippen LogP contribution in [0.5, 0.6) is 0 Å². The second-order valence-electron chi connectivity index (χ2n) is 10.8. The minimum Gasteiger partial charge on any atom is -0.481 e. The summed E-state index contributed by atoms with van der Waals surface area (Å²) in [6, 6.07) is 8.29. The Balaban J connectivity index is 0.00000800. The lowest BCUT2D eigenvalue weighted by Gasteiger charge is -2.35. The number of benzene rings is 1. The molecule has 0 saturated carbocycles. The Labute approximate surface area is 248 Å². The number of aliphatic hydroxyl groups excluding tert-OH is 1. The van der Waals surface area contributed by atoms with Crippen molar-refractivity contribution in [3.63, 3.8) is 0 Å². The molecule has 0 radical (unpaired) electrons. The number of aliphatic hydroxyl groups is 1. The van der Waals surface area contributed by atoms with E-state index in [0.717, 1.165) is 12.0 Å². The topological polar surface area (TPSA) is 146 Å². The molecule has 0 aliphatic heterocycles. The number of nitrogens with one attached hydrogen (secondary N) is 1. The first kappa shape index (κ1) is 35.5. The van der Waals surface area contributed by atoms with E-state index in [0.29, 0.717) is 11.4 Å². The summed E-state index contributed by atoms with van der Waals surface area (Å²) in [6.45, 7) is 9.54. The zero-order chi connectivity index (χ0) is 29.3. The highest BCUT2D eigenvalue weighted by Crippen LogP contribution is 2.27. The van der Waals surface area contributed by atoms with Crippen LogP contribution in [0.15, 0.2) is 35.7 Å². The summed E-state index contributed by atoms with van der Waals surface area (Å²) in [5, 5.41) is 25.3. The molecular formula is C29H45ClN4O5S. The first-order valence-electron chi connectivity index (χ1n) is 13.6. The molecule has 9 nitrogen and oxygen atoms in total. The van der Waals surface area contributed by atoms with Gasteiger partial charge in [-0.15, -0.1) is 23.7 Å². The number of likely N-dealkylation sites (N-methyl/N-ethyl adjacent to an activating group) is 1. The predicted octanol–water partition coefficient (Wildman–Crippen LogP) is 4.30. The molecule has 1 heterocycles. The SMILES string of the molecule is CC[C@H](C)[C@H](N)C(=O)N(C)[C@H](C[C@@H](O)c1nc(C(=O)N[C@@H](Cc2ccccc2)C[C@H](C)C(=O)O)cs1)C(C)C.Cl. The number of carboxylic acids is 1. The monoisotopic (exact) mass is 596 g/mol. The summed E-state index contributed by atoms with van der Waals surface area (Å²) in [5.41, 5.74) is 7.34. The maximum atomic E-state index is 13.1. The molecule has 2 rings (SSSR count). The number of thiazole rings is 1. The van der Waals surface area contributed by atoms with Crippen molar-refractivity contribution < 1.29 is 24.6 Å². The number of nitrogens with zero attached hydrogens (tertiary/aromatic N) is 2. The van der Waals surface area contributed by atoms with E-state index in [1.54, 1.807) is 24.3 Å². The number of amides is 2. The number of halogens is 1. The van der Waals surface area contributed by atoms with Crippen LogP contribution in [0.2, 0.25) is 0 Å². The third-order valence-electron chi connectivity index (χ3n) is 7.38. The van der Waals surface area contributed by atoms with E-state index < -0.39 is 36.0 Å². The molecule has 0 unspecified atom stereocenters. The van der Waals surface area contributed by atoms with Crippen LogP contribution in [0.4, 0.5) is 0 Å². The number of hydrogen-bond donors (Lipinski definition) is 4. The van der Waals surface area contributed by atoms with Gasteiger partial charge in [-0.25, -0.2) is 4.98 Å². The van der Waals surface area contributed by atoms with Crippen molar-refractivity contribution in [1.82, 2.24) is 15.2 Å². The molecule has 40 heavy (non-hydrogen) atoms. The van der Waals surface area contributed by atoms with Crippen LogP contribution < -0.4 is 11.1 Å². The van der Waals surface area contributed by atoms with Crippen molar-refractivity contribution >= 4 is 41.5 Å². The Bertz CT molecular complexity index is 1080. The molecule has 224 valence electrons. The van der Waals surface area contributed by atoms with Gasteiger partial charge >= 0.3 is 5.97 Å². The number of carboxylic acid groups (broad SMARTS) is 1. The number of rotatable bonds is 15. The molecule has 0 aliphatic rings. The van der Waals surface area contributed by atoms with Crippen molar-refractivity contribution in [3.05, 3.63) is 52.0 Å². The summed E-state index contributed by atoms with van der Waals surface area (Å²) in [5.74, 6) is -2.02. The van der Waals surface area contributed by atoms with E-state index in [4.69, 9.17) is 5.73 Å². The minimum absolute atomic E-state index is 0. The Morgan fingerprint density at radius 1 is 1.10 bits per heavy atom. The highest BCUT2D eigenvalue weighted by atomic mass is 35.5. The third kappa shape index (κ3) is 10.1. The second-order valence-corrected chi connectivity index (χ2v) is 11.7. The fourth-order valence-electron chi connectivity index (χ4n) is 4.53. The lowest BCUT2D eigenvalue weighted by Crippen LogP contribution is -2.51. The predicted molar refractivity (Wildman–Crippen MR) is 161 cm³/mol. The Kier molecular flexibility index (Phi) is 14.8. The van der Waals surface area contributed by atoms with Gasteiger partial charge < -0.3 is 26.2 Å². The fraction of sp³-hybridized carbons (Fsp3) is 0.586. The first-order chi connectivity index (χ1) is 18.3. The Hall–Kier alpha value is -2.53. The van der Waals surface area contributed by atoms with E-state index in [9.17, 15) is 24.6 Å². The smallest absolute Gasteiger partial charge is 0.306 e. The molecule has 1 aromatic heterocycles. The van der Waals surface area contributed by atoms with Gasteiger partial charge in [-0.2, -0.15) is 0 Å². The highest BCUT2D eigenvalue weighted by Gasteiger charge is 2.32. The molecule has 6 atom stereocenters. The maximum absolute atomic E-state index is 13.1. The Morgan fingerprint density at radius 3 is 2.27 bits per heavy atom. The van der Waals surface area contributed by atoms with E-state index in [1.807, 2.05) is 58.0 Å². The first-order valence-corrected chi connectivity index (χ1v) is 14.5. The van der Waals surface area contributed by atoms with Gasteiger partial charge in [0.25, 0.3) is 5.91 Å². The second kappa shape index (κ2) is 16.7. The zero-order valence-corrected chi connectivity index (χ0v) is 25.9. The van der Waals surface area contributed by atoms with Gasteiger partial charge in [-0.05, 0) is 30.2 Å². The van der Waals surface area contributed by atoms with E-state index in [1.165, 1.54) is 11.3 Å². The maximum Gasteiger partial charge on any atom is 0.306 e. The van der Waals surface area contributed by atoms with Crippen LogP contribution >= 0.6 is 23.7 Å². The normalized spacial score (nSPS) is 15.7. The van der Waals surface area contributed by atoms with Crippen LogP contribution in [0, 0.1) is 17.8 Å². The summed E-state index contributed by atoms with van der Waals surface area (Å²) < 4.78 is 0.